The van der Waals surface area contributed by atoms with Gasteiger partial charge in [0, 0.05) is 23.2 Å². The maximum Gasteiger partial charge on any atom is 0.343 e. The Bertz CT molecular complexity index is 1210. The van der Waals surface area contributed by atoms with E-state index in [1.54, 1.807) is 18.2 Å². The van der Waals surface area contributed by atoms with Crippen LogP contribution in [0.1, 0.15) is 15.9 Å². The quantitative estimate of drug-likeness (QED) is 0.313. The van der Waals surface area contributed by atoms with E-state index < -0.39 is 11.6 Å². The molecule has 0 radical (unpaired) electrons. The van der Waals surface area contributed by atoms with E-state index in [1.165, 1.54) is 19.4 Å². The molecular formula is C21H15NO5. The number of carbonyl (C=O) groups is 1. The summed E-state index contributed by atoms with van der Waals surface area (Å²) in [7, 11) is 1.43. The Labute approximate surface area is 154 Å². The van der Waals surface area contributed by atoms with Gasteiger partial charge in [0.05, 0.1) is 7.11 Å². The molecule has 0 aliphatic heterocycles. The molecule has 27 heavy (non-hydrogen) atoms. The summed E-state index contributed by atoms with van der Waals surface area (Å²) in [5, 5.41) is 2.67. The number of hydrogen-bond donors (Lipinski definition) is 0. The van der Waals surface area contributed by atoms with Crippen molar-refractivity contribution >= 4 is 27.7 Å². The van der Waals surface area contributed by atoms with E-state index in [2.05, 4.69) is 4.98 Å². The maximum atomic E-state index is 12.4. The van der Waals surface area contributed by atoms with Crippen molar-refractivity contribution in [2.45, 2.75) is 6.61 Å². The number of hydrogen-bond acceptors (Lipinski definition) is 6. The van der Waals surface area contributed by atoms with Gasteiger partial charge in [-0.25, -0.2) is 14.6 Å². The standard InChI is InChI=1S/C21H15NO5/c1-25-20-16(7-4-10-22-20)21(24)26-12-14-11-18(23)27-17-9-8-13-5-2-3-6-15(13)19(14)17/h2-11H,12H2,1H3. The van der Waals surface area contributed by atoms with E-state index in [0.717, 1.165) is 16.2 Å². The van der Waals surface area contributed by atoms with Crippen LogP contribution in [0.5, 0.6) is 5.88 Å². The molecule has 0 bridgehead atoms. The number of aromatic nitrogens is 1. The Hall–Kier alpha value is -3.67. The van der Waals surface area contributed by atoms with E-state index in [-0.39, 0.29) is 18.1 Å². The minimum atomic E-state index is -0.582. The lowest BCUT2D eigenvalue weighted by Crippen LogP contribution is -2.10. The molecule has 0 N–H and O–H groups in total. The van der Waals surface area contributed by atoms with Crippen LogP contribution >= 0.6 is 0 Å². The Morgan fingerprint density at radius 2 is 1.96 bits per heavy atom. The molecule has 0 aliphatic rings. The molecule has 2 aromatic carbocycles. The summed E-state index contributed by atoms with van der Waals surface area (Å²) in [4.78, 5) is 28.3. The molecule has 0 fully saturated rings. The lowest BCUT2D eigenvalue weighted by molar-refractivity contribution is 0.0469. The normalized spacial score (nSPS) is 10.9. The Kier molecular flexibility index (Phi) is 4.30. The zero-order valence-corrected chi connectivity index (χ0v) is 14.5. The van der Waals surface area contributed by atoms with Crippen molar-refractivity contribution in [2.24, 2.45) is 0 Å². The molecule has 0 spiro atoms. The Morgan fingerprint density at radius 1 is 1.11 bits per heavy atom. The molecule has 0 saturated carbocycles. The van der Waals surface area contributed by atoms with Crippen molar-refractivity contribution in [2.75, 3.05) is 7.11 Å². The van der Waals surface area contributed by atoms with Gasteiger partial charge < -0.3 is 13.9 Å². The van der Waals surface area contributed by atoms with Gasteiger partial charge in [0.1, 0.15) is 17.8 Å². The monoisotopic (exact) mass is 361 g/mol. The minimum absolute atomic E-state index is 0.0764. The number of nitrogens with zero attached hydrogens (tertiary/aromatic N) is 1. The highest BCUT2D eigenvalue weighted by Gasteiger charge is 2.16. The fraction of sp³-hybridized carbons (Fsp3) is 0.0952. The summed E-state index contributed by atoms with van der Waals surface area (Å²) >= 11 is 0. The van der Waals surface area contributed by atoms with Gasteiger partial charge in [0.25, 0.3) is 0 Å². The van der Waals surface area contributed by atoms with Crippen molar-refractivity contribution in [3.8, 4) is 5.88 Å². The van der Waals surface area contributed by atoms with Crippen LogP contribution in [-0.2, 0) is 11.3 Å². The predicted octanol–water partition coefficient (Wildman–Crippen LogP) is 3.71. The lowest BCUT2D eigenvalue weighted by Gasteiger charge is -2.10. The highest BCUT2D eigenvalue weighted by Crippen LogP contribution is 2.28. The number of fused-ring (bicyclic) bond motifs is 3. The molecule has 6 nitrogen and oxygen atoms in total. The van der Waals surface area contributed by atoms with Crippen molar-refractivity contribution in [3.05, 3.63) is 82.3 Å². The highest BCUT2D eigenvalue weighted by molar-refractivity contribution is 6.07. The molecule has 134 valence electrons. The van der Waals surface area contributed by atoms with E-state index >= 15 is 0 Å². The smallest absolute Gasteiger partial charge is 0.343 e. The Morgan fingerprint density at radius 3 is 2.81 bits per heavy atom. The third-order valence-electron chi connectivity index (χ3n) is 4.26. The van der Waals surface area contributed by atoms with E-state index in [4.69, 9.17) is 13.9 Å². The van der Waals surface area contributed by atoms with Crippen LogP contribution in [0.3, 0.4) is 0 Å². The Balaban J connectivity index is 1.74. The number of methoxy groups -OCH3 is 1. The van der Waals surface area contributed by atoms with Crippen LogP contribution in [0.4, 0.5) is 0 Å². The highest BCUT2D eigenvalue weighted by atomic mass is 16.5. The first kappa shape index (κ1) is 16.8. The number of pyridine rings is 1. The topological polar surface area (TPSA) is 78.6 Å². The van der Waals surface area contributed by atoms with Gasteiger partial charge in [-0.3, -0.25) is 0 Å². The largest absolute Gasteiger partial charge is 0.480 e. The van der Waals surface area contributed by atoms with E-state index in [0.29, 0.717) is 11.1 Å². The van der Waals surface area contributed by atoms with E-state index in [9.17, 15) is 9.59 Å². The van der Waals surface area contributed by atoms with Crippen molar-refractivity contribution in [3.63, 3.8) is 0 Å². The average Bonchev–Trinajstić information content (AvgIpc) is 2.71. The molecule has 6 heteroatoms. The first-order valence-corrected chi connectivity index (χ1v) is 8.28. The third kappa shape index (κ3) is 3.13. The van der Waals surface area contributed by atoms with Crippen LogP contribution in [0, 0.1) is 0 Å². The molecular weight excluding hydrogens is 346 g/mol. The second-order valence-electron chi connectivity index (χ2n) is 5.89. The van der Waals surface area contributed by atoms with Gasteiger partial charge in [-0.2, -0.15) is 0 Å². The van der Waals surface area contributed by atoms with Crippen LogP contribution in [0.15, 0.2) is 70.0 Å². The van der Waals surface area contributed by atoms with Crippen molar-refractivity contribution < 1.29 is 18.7 Å². The summed E-state index contributed by atoms with van der Waals surface area (Å²) in [6.45, 7) is -0.0764. The maximum absolute atomic E-state index is 12.4. The minimum Gasteiger partial charge on any atom is -0.480 e. The average molecular weight is 361 g/mol. The number of carbonyl (C=O) groups excluding carboxylic acids is 1. The number of rotatable bonds is 4. The van der Waals surface area contributed by atoms with Gasteiger partial charge in [0.2, 0.25) is 5.88 Å². The molecule has 2 heterocycles. The van der Waals surface area contributed by atoms with Crippen LogP contribution in [-0.4, -0.2) is 18.1 Å². The molecule has 4 rings (SSSR count). The molecule has 0 aliphatic carbocycles. The predicted molar refractivity (Wildman–Crippen MR) is 99.9 cm³/mol. The van der Waals surface area contributed by atoms with Crippen LogP contribution in [0.25, 0.3) is 21.7 Å². The first-order valence-electron chi connectivity index (χ1n) is 8.28. The summed E-state index contributed by atoms with van der Waals surface area (Å²) in [6.07, 6.45) is 1.53. The molecule has 0 saturated heterocycles. The van der Waals surface area contributed by atoms with Gasteiger partial charge in [0.15, 0.2) is 0 Å². The van der Waals surface area contributed by atoms with Gasteiger partial charge in [-0.05, 0) is 29.0 Å². The summed E-state index contributed by atoms with van der Waals surface area (Å²) < 4.78 is 15.8. The molecule has 4 aromatic rings. The zero-order chi connectivity index (χ0) is 18.8. The van der Waals surface area contributed by atoms with Gasteiger partial charge in [-0.15, -0.1) is 0 Å². The fourth-order valence-electron chi connectivity index (χ4n) is 3.06. The van der Waals surface area contributed by atoms with Crippen molar-refractivity contribution in [1.29, 1.82) is 0 Å². The second-order valence-corrected chi connectivity index (χ2v) is 5.89. The van der Waals surface area contributed by atoms with Gasteiger partial charge >= 0.3 is 11.6 Å². The summed E-state index contributed by atoms with van der Waals surface area (Å²) in [5.41, 5.74) is 0.750. The lowest BCUT2D eigenvalue weighted by atomic mass is 10.0. The van der Waals surface area contributed by atoms with Crippen LogP contribution < -0.4 is 10.4 Å². The number of esters is 1. The van der Waals surface area contributed by atoms with E-state index in [1.807, 2.05) is 30.3 Å². The summed E-state index contributed by atoms with van der Waals surface area (Å²) in [5.74, 6) is -0.396. The van der Waals surface area contributed by atoms with Crippen molar-refractivity contribution in [1.82, 2.24) is 4.98 Å². The SMILES string of the molecule is COc1ncccc1C(=O)OCc1cc(=O)oc2ccc3ccccc3c12. The molecule has 0 unspecified atom stereocenters. The number of benzene rings is 2. The summed E-state index contributed by atoms with van der Waals surface area (Å²) in [6, 6.07) is 15.9. The van der Waals surface area contributed by atoms with Gasteiger partial charge in [-0.1, -0.05) is 30.3 Å². The number of ether oxygens (including phenoxy) is 2. The first-order chi connectivity index (χ1) is 13.2. The molecule has 2 aromatic heterocycles. The molecule has 0 atom stereocenters. The zero-order valence-electron chi connectivity index (χ0n) is 14.5. The third-order valence-corrected chi connectivity index (χ3v) is 4.26. The van der Waals surface area contributed by atoms with Crippen LogP contribution in [0.2, 0.25) is 0 Å². The second kappa shape index (κ2) is 6.92. The molecule has 0 amide bonds. The fourth-order valence-corrected chi connectivity index (χ4v) is 3.06.